The zero-order valence-electron chi connectivity index (χ0n) is 20.2. The van der Waals surface area contributed by atoms with Crippen LogP contribution in [0.2, 0.25) is 0 Å². The minimum absolute atomic E-state index is 0.209. The van der Waals surface area contributed by atoms with Crippen LogP contribution in [-0.2, 0) is 17.8 Å². The molecule has 0 bridgehead atoms. The van der Waals surface area contributed by atoms with Gasteiger partial charge in [-0.15, -0.1) is 0 Å². The van der Waals surface area contributed by atoms with Crippen LogP contribution >= 0.6 is 0 Å². The van der Waals surface area contributed by atoms with Crippen LogP contribution in [0.3, 0.4) is 0 Å². The second kappa shape index (κ2) is 10.00. The van der Waals surface area contributed by atoms with Crippen LogP contribution in [0.5, 0.6) is 0 Å². The van der Waals surface area contributed by atoms with Crippen LogP contribution in [0, 0.1) is 0 Å². The van der Waals surface area contributed by atoms with Crippen molar-refractivity contribution in [1.82, 2.24) is 19.9 Å². The van der Waals surface area contributed by atoms with E-state index in [1.54, 1.807) is 24.7 Å². The summed E-state index contributed by atoms with van der Waals surface area (Å²) in [6, 6.07) is 23.3. The Morgan fingerprint density at radius 2 is 1.78 bits per heavy atom. The first-order valence-corrected chi connectivity index (χ1v) is 11.9. The molecule has 1 atom stereocenters. The average Bonchev–Trinajstić information content (AvgIpc) is 3.30. The van der Waals surface area contributed by atoms with Gasteiger partial charge in [-0.3, -0.25) is 14.6 Å². The zero-order chi connectivity index (χ0) is 25.1. The third-order valence-corrected chi connectivity index (χ3v) is 6.26. The van der Waals surface area contributed by atoms with Gasteiger partial charge in [0.2, 0.25) is 5.91 Å². The topological polar surface area (TPSA) is 88.9 Å². The maximum absolute atomic E-state index is 13.3. The largest absolute Gasteiger partial charge is 0.345 e. The second-order valence-corrected chi connectivity index (χ2v) is 8.85. The van der Waals surface area contributed by atoms with E-state index in [0.29, 0.717) is 23.3 Å². The van der Waals surface area contributed by atoms with Gasteiger partial charge in [0.1, 0.15) is 0 Å². The summed E-state index contributed by atoms with van der Waals surface area (Å²) in [5.74, 6) is -0.442. The fourth-order valence-corrected chi connectivity index (χ4v) is 4.56. The lowest BCUT2D eigenvalue weighted by atomic mass is 9.99. The number of rotatable bonds is 7. The van der Waals surface area contributed by atoms with Crippen LogP contribution in [0.1, 0.15) is 41.5 Å². The molecule has 2 amide bonds. The van der Waals surface area contributed by atoms with Crippen molar-refractivity contribution in [3.8, 4) is 0 Å². The number of aromatic nitrogens is 3. The first-order valence-electron chi connectivity index (χ1n) is 11.9. The van der Waals surface area contributed by atoms with Gasteiger partial charge in [-0.25, -0.2) is 4.98 Å². The summed E-state index contributed by atoms with van der Waals surface area (Å²) in [4.78, 5) is 34.2. The summed E-state index contributed by atoms with van der Waals surface area (Å²) in [7, 11) is 0. The summed E-state index contributed by atoms with van der Waals surface area (Å²) >= 11 is 0. The molecule has 0 saturated heterocycles. The molecule has 0 spiro atoms. The van der Waals surface area contributed by atoms with Gasteiger partial charge in [-0.2, -0.15) is 0 Å². The highest BCUT2D eigenvalue weighted by atomic mass is 16.2. The molecule has 1 unspecified atom stereocenters. The van der Waals surface area contributed by atoms with E-state index >= 15 is 0 Å². The number of nitrogens with zero attached hydrogens (tertiary/aromatic N) is 3. The van der Waals surface area contributed by atoms with Gasteiger partial charge in [0.05, 0.1) is 29.1 Å². The Bertz CT molecular complexity index is 1550. The van der Waals surface area contributed by atoms with Gasteiger partial charge in [0.25, 0.3) is 5.91 Å². The number of nitrogens with one attached hydrogen (secondary N) is 2. The number of amides is 2. The highest BCUT2D eigenvalue weighted by Gasteiger charge is 2.18. The molecule has 5 rings (SSSR count). The molecule has 0 radical (unpaired) electrons. The maximum atomic E-state index is 13.3. The minimum Gasteiger partial charge on any atom is -0.345 e. The third kappa shape index (κ3) is 4.81. The Kier molecular flexibility index (Phi) is 6.45. The van der Waals surface area contributed by atoms with E-state index in [-0.39, 0.29) is 17.9 Å². The number of carbonyl (C=O) groups is 2. The molecule has 2 heterocycles. The van der Waals surface area contributed by atoms with E-state index in [1.165, 1.54) is 6.92 Å². The molecule has 36 heavy (non-hydrogen) atoms. The Morgan fingerprint density at radius 1 is 0.972 bits per heavy atom. The van der Waals surface area contributed by atoms with E-state index in [1.807, 2.05) is 54.0 Å². The molecule has 0 aliphatic heterocycles. The molecule has 180 valence electrons. The summed E-state index contributed by atoms with van der Waals surface area (Å²) in [5.41, 5.74) is 4.43. The van der Waals surface area contributed by atoms with Crippen molar-refractivity contribution in [2.45, 2.75) is 32.9 Å². The Labute approximate surface area is 209 Å². The molecule has 2 aromatic heterocycles. The summed E-state index contributed by atoms with van der Waals surface area (Å²) in [6.45, 7) is 4.07. The molecule has 0 aliphatic carbocycles. The fraction of sp³-hybridized carbons (Fsp3) is 0.172. The van der Waals surface area contributed by atoms with Crippen molar-refractivity contribution >= 4 is 39.3 Å². The molecule has 0 fully saturated rings. The predicted molar refractivity (Wildman–Crippen MR) is 142 cm³/mol. The Morgan fingerprint density at radius 3 is 2.58 bits per heavy atom. The Hall–Kier alpha value is -4.52. The average molecular weight is 478 g/mol. The standard InChI is InChI=1S/C29H27N5O2/c1-19(24-12-7-9-21-8-3-4-11-25(21)24)32-29(36)22-16-26-28(27(17-22)33-20(2)35)34(18-31-26)15-13-23-10-5-6-14-30-23/h3-12,14,16-19H,13,15H2,1-2H3,(H,32,36)(H,33,35). The molecule has 7 nitrogen and oxygen atoms in total. The number of pyridine rings is 1. The molecular weight excluding hydrogens is 450 g/mol. The minimum atomic E-state index is -0.230. The number of anilines is 1. The van der Waals surface area contributed by atoms with Crippen molar-refractivity contribution in [2.75, 3.05) is 5.32 Å². The fourth-order valence-electron chi connectivity index (χ4n) is 4.56. The van der Waals surface area contributed by atoms with Crippen LogP contribution < -0.4 is 10.6 Å². The van der Waals surface area contributed by atoms with Crippen molar-refractivity contribution in [3.63, 3.8) is 0 Å². The number of hydrogen-bond acceptors (Lipinski definition) is 4. The Balaban J connectivity index is 1.43. The molecule has 2 N–H and O–H groups in total. The van der Waals surface area contributed by atoms with Crippen LogP contribution in [0.4, 0.5) is 5.69 Å². The number of hydrogen-bond donors (Lipinski definition) is 2. The number of imidazole rings is 1. The summed E-state index contributed by atoms with van der Waals surface area (Å²) < 4.78 is 1.98. The van der Waals surface area contributed by atoms with Crippen molar-refractivity contribution in [3.05, 3.63) is 102 Å². The van der Waals surface area contributed by atoms with Gasteiger partial charge in [-0.1, -0.05) is 48.5 Å². The molecule has 5 aromatic rings. The first kappa shape index (κ1) is 23.2. The maximum Gasteiger partial charge on any atom is 0.251 e. The van der Waals surface area contributed by atoms with Crippen molar-refractivity contribution in [2.24, 2.45) is 0 Å². The highest BCUT2D eigenvalue weighted by Crippen LogP contribution is 2.28. The summed E-state index contributed by atoms with van der Waals surface area (Å²) in [6.07, 6.45) is 4.23. The number of aryl methyl sites for hydroxylation is 2. The zero-order valence-corrected chi connectivity index (χ0v) is 20.2. The lowest BCUT2D eigenvalue weighted by molar-refractivity contribution is -0.114. The molecule has 3 aromatic carbocycles. The van der Waals surface area contributed by atoms with Gasteiger partial charge in [0.15, 0.2) is 0 Å². The van der Waals surface area contributed by atoms with Crippen molar-refractivity contribution in [1.29, 1.82) is 0 Å². The van der Waals surface area contributed by atoms with Crippen LogP contribution in [0.25, 0.3) is 21.8 Å². The lowest BCUT2D eigenvalue weighted by Gasteiger charge is -2.17. The number of fused-ring (bicyclic) bond motifs is 2. The predicted octanol–water partition coefficient (Wildman–Crippen LogP) is 5.28. The summed E-state index contributed by atoms with van der Waals surface area (Å²) in [5, 5.41) is 8.22. The van der Waals surface area contributed by atoms with Gasteiger partial charge >= 0.3 is 0 Å². The highest BCUT2D eigenvalue weighted by molar-refractivity contribution is 6.05. The van der Waals surface area contributed by atoms with Gasteiger partial charge in [-0.05, 0) is 47.5 Å². The smallest absolute Gasteiger partial charge is 0.251 e. The van der Waals surface area contributed by atoms with Crippen LogP contribution in [-0.4, -0.2) is 26.3 Å². The quantitative estimate of drug-likeness (QED) is 0.334. The van der Waals surface area contributed by atoms with E-state index in [0.717, 1.165) is 34.0 Å². The molecule has 7 heteroatoms. The molecule has 0 saturated carbocycles. The third-order valence-electron chi connectivity index (χ3n) is 6.26. The van der Waals surface area contributed by atoms with E-state index < -0.39 is 0 Å². The molecular formula is C29H27N5O2. The number of benzene rings is 3. The van der Waals surface area contributed by atoms with E-state index in [9.17, 15) is 9.59 Å². The monoisotopic (exact) mass is 477 g/mol. The van der Waals surface area contributed by atoms with Gasteiger partial charge < -0.3 is 15.2 Å². The van der Waals surface area contributed by atoms with E-state index in [4.69, 9.17) is 0 Å². The molecule has 0 aliphatic rings. The SMILES string of the molecule is CC(=O)Nc1cc(C(=O)NC(C)c2cccc3ccccc23)cc2ncn(CCc3ccccn3)c12. The van der Waals surface area contributed by atoms with E-state index in [2.05, 4.69) is 38.8 Å². The first-order chi connectivity index (χ1) is 17.5. The normalized spacial score (nSPS) is 11.9. The van der Waals surface area contributed by atoms with Crippen LogP contribution in [0.15, 0.2) is 85.3 Å². The lowest BCUT2D eigenvalue weighted by Crippen LogP contribution is -2.27. The van der Waals surface area contributed by atoms with Gasteiger partial charge in [0, 0.05) is 37.3 Å². The number of carbonyl (C=O) groups excluding carboxylic acids is 2. The second-order valence-electron chi connectivity index (χ2n) is 8.85. The van der Waals surface area contributed by atoms with Crippen molar-refractivity contribution < 1.29 is 9.59 Å².